The molecule has 0 saturated carbocycles. The molecular weight excluding hydrogens is 600 g/mol. The van der Waals surface area contributed by atoms with Gasteiger partial charge < -0.3 is 10.6 Å². The molecule has 0 spiro atoms. The van der Waals surface area contributed by atoms with E-state index in [1.807, 2.05) is 24.4 Å². The first-order valence-electron chi connectivity index (χ1n) is 15.4. The summed E-state index contributed by atoms with van der Waals surface area (Å²) in [6.45, 7) is 0. The minimum absolute atomic E-state index is 0.00898. The number of aromatic nitrogens is 1. The van der Waals surface area contributed by atoms with Crippen molar-refractivity contribution in [1.29, 1.82) is 0 Å². The second kappa shape index (κ2) is 10.9. The summed E-state index contributed by atoms with van der Waals surface area (Å²) in [4.78, 5) is 38.6. The van der Waals surface area contributed by atoms with E-state index in [-0.39, 0.29) is 57.7 Å². The van der Waals surface area contributed by atoms with Crippen LogP contribution in [0, 0.1) is 42.2 Å². The van der Waals surface area contributed by atoms with E-state index >= 15 is 0 Å². The van der Waals surface area contributed by atoms with Gasteiger partial charge in [0, 0.05) is 72.0 Å². The molecule has 12 nitrogen and oxygen atoms in total. The third kappa shape index (κ3) is 4.80. The lowest BCUT2D eigenvalue weighted by Crippen LogP contribution is -2.29. The Morgan fingerprint density at radius 1 is 0.702 bits per heavy atom. The van der Waals surface area contributed by atoms with Crippen molar-refractivity contribution in [3.63, 3.8) is 0 Å². The molecule has 3 aromatic carbocycles. The topological polar surface area (TPSA) is 166 Å². The van der Waals surface area contributed by atoms with Gasteiger partial charge in [-0.3, -0.25) is 35.3 Å². The van der Waals surface area contributed by atoms with E-state index in [4.69, 9.17) is 0 Å². The van der Waals surface area contributed by atoms with Gasteiger partial charge in [-0.1, -0.05) is 24.3 Å². The van der Waals surface area contributed by atoms with Crippen molar-refractivity contribution in [1.82, 2.24) is 4.98 Å². The standard InChI is InChI=1S/C35H28N6O6/c42-39(43)23-6-8-32-29(16-23)26-4-1-5-27(26)35(38-32)22-11-20(12-25(13-22)41(46)47)21-14-28-30-17-24(40(44)45)7-9-33(30)37-34(31(28)15-21)19-3-2-10-36-18-19/h1-4,6-14,16-18,26-28,31,34-35,37-38H,5,15H2. The highest BCUT2D eigenvalue weighted by Crippen LogP contribution is 2.55. The SMILES string of the molecule is O=[N+]([O-])c1cc(C2=CC3c4cc([N+](=O)[O-])ccc4NC(c4cccnc4)C3C2)cc(C2Nc3ccc([N+](=O)[O-])cc3C3C=CCC32)c1. The third-order valence-corrected chi connectivity index (χ3v) is 10.1. The van der Waals surface area contributed by atoms with E-state index in [2.05, 4.69) is 33.8 Å². The summed E-state index contributed by atoms with van der Waals surface area (Å²) in [6, 6.07) is 18.4. The van der Waals surface area contributed by atoms with Crippen LogP contribution in [0.1, 0.15) is 64.6 Å². The number of rotatable bonds is 6. The number of nitrogens with zero attached hydrogens (tertiary/aromatic N) is 4. The molecule has 234 valence electrons. The summed E-state index contributed by atoms with van der Waals surface area (Å²) in [5, 5.41) is 42.6. The molecule has 2 N–H and O–H groups in total. The highest BCUT2D eigenvalue weighted by molar-refractivity contribution is 5.75. The highest BCUT2D eigenvalue weighted by Gasteiger charge is 2.43. The Morgan fingerprint density at radius 3 is 2.00 bits per heavy atom. The van der Waals surface area contributed by atoms with E-state index in [9.17, 15) is 30.3 Å². The molecule has 2 aliphatic carbocycles. The van der Waals surface area contributed by atoms with Gasteiger partial charge in [0.15, 0.2) is 0 Å². The molecule has 2 aliphatic heterocycles. The summed E-state index contributed by atoms with van der Waals surface area (Å²) in [5.74, 6) is -0.213. The highest BCUT2D eigenvalue weighted by atomic mass is 16.6. The molecule has 0 bridgehead atoms. The van der Waals surface area contributed by atoms with Gasteiger partial charge >= 0.3 is 0 Å². The maximum absolute atomic E-state index is 12.3. The second-order valence-corrected chi connectivity index (χ2v) is 12.6. The van der Waals surface area contributed by atoms with Crippen LogP contribution >= 0.6 is 0 Å². The Morgan fingerprint density at radius 2 is 1.36 bits per heavy atom. The molecule has 0 amide bonds. The van der Waals surface area contributed by atoms with Gasteiger partial charge in [-0.05, 0) is 82.3 Å². The monoisotopic (exact) mass is 628 g/mol. The van der Waals surface area contributed by atoms with E-state index < -0.39 is 9.85 Å². The Labute approximate surface area is 268 Å². The summed E-state index contributed by atoms with van der Waals surface area (Å²) >= 11 is 0. The first kappa shape index (κ1) is 28.6. The van der Waals surface area contributed by atoms with Gasteiger partial charge in [0.25, 0.3) is 17.1 Å². The molecule has 6 atom stereocenters. The zero-order chi connectivity index (χ0) is 32.4. The smallest absolute Gasteiger partial charge is 0.270 e. The van der Waals surface area contributed by atoms with Crippen molar-refractivity contribution in [2.75, 3.05) is 10.6 Å². The molecule has 47 heavy (non-hydrogen) atoms. The normalized spacial score (nSPS) is 24.9. The Kier molecular flexibility index (Phi) is 6.60. The summed E-state index contributed by atoms with van der Waals surface area (Å²) < 4.78 is 0. The lowest BCUT2D eigenvalue weighted by molar-refractivity contribution is -0.385. The van der Waals surface area contributed by atoms with Crippen LogP contribution in [0.5, 0.6) is 0 Å². The van der Waals surface area contributed by atoms with Crippen molar-refractivity contribution >= 4 is 34.0 Å². The van der Waals surface area contributed by atoms with Crippen LogP contribution in [0.2, 0.25) is 0 Å². The van der Waals surface area contributed by atoms with Gasteiger partial charge in [-0.2, -0.15) is 0 Å². The average Bonchev–Trinajstić information content (AvgIpc) is 3.76. The molecule has 0 saturated heterocycles. The van der Waals surface area contributed by atoms with Gasteiger partial charge in [0.05, 0.1) is 26.9 Å². The first-order valence-corrected chi connectivity index (χ1v) is 15.4. The van der Waals surface area contributed by atoms with Crippen molar-refractivity contribution in [3.8, 4) is 0 Å². The lowest BCUT2D eigenvalue weighted by atomic mass is 9.76. The van der Waals surface area contributed by atoms with Crippen molar-refractivity contribution in [2.45, 2.75) is 36.8 Å². The summed E-state index contributed by atoms with van der Waals surface area (Å²) in [6.07, 6.45) is 11.1. The third-order valence-electron chi connectivity index (χ3n) is 10.1. The Bertz CT molecular complexity index is 2050. The number of hydrogen-bond donors (Lipinski definition) is 2. The number of fused-ring (bicyclic) bond motifs is 6. The number of anilines is 2. The van der Waals surface area contributed by atoms with E-state index in [1.54, 1.807) is 42.6 Å². The predicted molar refractivity (Wildman–Crippen MR) is 175 cm³/mol. The predicted octanol–water partition coefficient (Wildman–Crippen LogP) is 7.99. The molecule has 0 radical (unpaired) electrons. The number of non-ortho nitro benzene ring substituents is 3. The number of hydrogen-bond acceptors (Lipinski definition) is 9. The molecule has 4 aliphatic rings. The van der Waals surface area contributed by atoms with Crippen LogP contribution in [-0.2, 0) is 0 Å². The number of nitrogens with one attached hydrogen (secondary N) is 2. The number of pyridine rings is 1. The van der Waals surface area contributed by atoms with E-state index in [1.165, 1.54) is 12.1 Å². The zero-order valence-electron chi connectivity index (χ0n) is 24.9. The average molecular weight is 629 g/mol. The van der Waals surface area contributed by atoms with Crippen molar-refractivity contribution in [2.24, 2.45) is 11.8 Å². The molecule has 12 heteroatoms. The van der Waals surface area contributed by atoms with Crippen molar-refractivity contribution in [3.05, 3.63) is 156 Å². The van der Waals surface area contributed by atoms with Crippen LogP contribution in [0.15, 0.2) is 97.4 Å². The fraction of sp³-hybridized carbons (Fsp3) is 0.229. The molecule has 1 aromatic heterocycles. The maximum atomic E-state index is 12.3. The number of nitro benzene ring substituents is 3. The molecule has 8 rings (SSSR count). The fourth-order valence-electron chi connectivity index (χ4n) is 8.02. The van der Waals surface area contributed by atoms with Gasteiger partial charge in [0.2, 0.25) is 0 Å². The largest absolute Gasteiger partial charge is 0.378 e. The second-order valence-electron chi connectivity index (χ2n) is 12.6. The molecule has 0 fully saturated rings. The van der Waals surface area contributed by atoms with Crippen LogP contribution < -0.4 is 10.6 Å². The van der Waals surface area contributed by atoms with E-state index in [0.717, 1.165) is 51.2 Å². The fourth-order valence-corrected chi connectivity index (χ4v) is 8.02. The molecule has 3 heterocycles. The Balaban J connectivity index is 1.21. The first-order chi connectivity index (χ1) is 22.7. The van der Waals surface area contributed by atoms with Crippen LogP contribution in [0.4, 0.5) is 28.4 Å². The van der Waals surface area contributed by atoms with Crippen LogP contribution in [0.3, 0.4) is 0 Å². The van der Waals surface area contributed by atoms with Gasteiger partial charge in [-0.25, -0.2) is 0 Å². The Hall–Kier alpha value is -5.91. The van der Waals surface area contributed by atoms with Crippen molar-refractivity contribution < 1.29 is 14.8 Å². The van der Waals surface area contributed by atoms with Crippen LogP contribution in [-0.4, -0.2) is 19.8 Å². The minimum Gasteiger partial charge on any atom is -0.378 e. The molecule has 6 unspecified atom stereocenters. The number of benzene rings is 3. The van der Waals surface area contributed by atoms with E-state index in [0.29, 0.717) is 6.42 Å². The summed E-state index contributed by atoms with van der Waals surface area (Å²) in [5.41, 5.74) is 6.71. The maximum Gasteiger partial charge on any atom is 0.270 e. The van der Waals surface area contributed by atoms with Gasteiger partial charge in [-0.15, -0.1) is 0 Å². The molecular formula is C35H28N6O6. The minimum atomic E-state index is -0.398. The number of nitro groups is 3. The zero-order valence-corrected chi connectivity index (χ0v) is 24.9. The summed E-state index contributed by atoms with van der Waals surface area (Å²) in [7, 11) is 0. The van der Waals surface area contributed by atoms with Gasteiger partial charge in [0.1, 0.15) is 0 Å². The number of allylic oxidation sites excluding steroid dienone is 4. The lowest BCUT2D eigenvalue weighted by Gasteiger charge is -2.37. The molecule has 4 aromatic rings. The quantitative estimate of drug-likeness (QED) is 0.122. The van der Waals surface area contributed by atoms with Crippen LogP contribution in [0.25, 0.3) is 5.57 Å².